The van der Waals surface area contributed by atoms with E-state index in [2.05, 4.69) is 10.6 Å². The molecule has 1 heterocycles. The standard InChI is InChI=1S/C16H25ClN2O.ClH/c1-12(2)20-16-4-3-15(17)9-14(16)11-19-10-13-5-7-18-8-6-13;/h3-4,9,12-13,18-19H,5-8,10-11H2,1-2H3;1H. The second-order valence-corrected chi connectivity index (χ2v) is 6.18. The van der Waals surface area contributed by atoms with Gasteiger partial charge in [-0.2, -0.15) is 0 Å². The van der Waals surface area contributed by atoms with Crippen LogP contribution in [-0.4, -0.2) is 25.7 Å². The van der Waals surface area contributed by atoms with E-state index in [1.165, 1.54) is 12.8 Å². The predicted molar refractivity (Wildman–Crippen MR) is 91.8 cm³/mol. The first-order chi connectivity index (χ1) is 9.65. The van der Waals surface area contributed by atoms with E-state index < -0.39 is 0 Å². The molecule has 0 saturated carbocycles. The van der Waals surface area contributed by atoms with Crippen LogP contribution in [0.2, 0.25) is 5.02 Å². The highest BCUT2D eigenvalue weighted by atomic mass is 35.5. The topological polar surface area (TPSA) is 33.3 Å². The van der Waals surface area contributed by atoms with E-state index >= 15 is 0 Å². The maximum atomic E-state index is 6.09. The number of benzene rings is 1. The lowest BCUT2D eigenvalue weighted by Gasteiger charge is -2.23. The molecule has 0 aliphatic carbocycles. The van der Waals surface area contributed by atoms with Crippen molar-refractivity contribution in [2.45, 2.75) is 39.3 Å². The molecule has 0 unspecified atom stereocenters. The second kappa shape index (κ2) is 9.52. The highest BCUT2D eigenvalue weighted by Gasteiger charge is 2.13. The van der Waals surface area contributed by atoms with Crippen molar-refractivity contribution >= 4 is 24.0 Å². The van der Waals surface area contributed by atoms with Crippen LogP contribution >= 0.6 is 24.0 Å². The molecule has 0 atom stereocenters. The van der Waals surface area contributed by atoms with E-state index in [-0.39, 0.29) is 18.5 Å². The van der Waals surface area contributed by atoms with E-state index in [4.69, 9.17) is 16.3 Å². The van der Waals surface area contributed by atoms with Crippen molar-refractivity contribution in [3.8, 4) is 5.75 Å². The van der Waals surface area contributed by atoms with Crippen LogP contribution in [-0.2, 0) is 6.54 Å². The zero-order valence-electron chi connectivity index (χ0n) is 12.8. The van der Waals surface area contributed by atoms with Crippen molar-refractivity contribution in [1.82, 2.24) is 10.6 Å². The maximum absolute atomic E-state index is 6.09. The minimum absolute atomic E-state index is 0. The molecule has 0 bridgehead atoms. The van der Waals surface area contributed by atoms with E-state index in [0.717, 1.165) is 48.4 Å². The minimum atomic E-state index is 0. The number of nitrogens with one attached hydrogen (secondary N) is 2. The maximum Gasteiger partial charge on any atom is 0.124 e. The summed E-state index contributed by atoms with van der Waals surface area (Å²) < 4.78 is 5.83. The van der Waals surface area contributed by atoms with Gasteiger partial charge < -0.3 is 15.4 Å². The van der Waals surface area contributed by atoms with E-state index in [0.29, 0.717) is 0 Å². The highest BCUT2D eigenvalue weighted by Crippen LogP contribution is 2.24. The van der Waals surface area contributed by atoms with Crippen LogP contribution in [0.5, 0.6) is 5.75 Å². The summed E-state index contributed by atoms with van der Waals surface area (Å²) in [5.74, 6) is 1.71. The van der Waals surface area contributed by atoms with Gasteiger partial charge in [-0.3, -0.25) is 0 Å². The number of rotatable bonds is 6. The number of hydrogen-bond acceptors (Lipinski definition) is 3. The molecular weight excluding hydrogens is 307 g/mol. The van der Waals surface area contributed by atoms with Crippen molar-refractivity contribution in [3.05, 3.63) is 28.8 Å². The molecule has 1 aromatic carbocycles. The predicted octanol–water partition coefficient (Wildman–Crippen LogP) is 3.64. The summed E-state index contributed by atoms with van der Waals surface area (Å²) in [5, 5.41) is 7.71. The third kappa shape index (κ3) is 6.43. The fraction of sp³-hybridized carbons (Fsp3) is 0.625. The Morgan fingerprint density at radius 3 is 2.71 bits per heavy atom. The van der Waals surface area contributed by atoms with Gasteiger partial charge in [0.05, 0.1) is 6.10 Å². The van der Waals surface area contributed by atoms with E-state index in [9.17, 15) is 0 Å². The molecule has 2 N–H and O–H groups in total. The highest BCUT2D eigenvalue weighted by molar-refractivity contribution is 6.30. The zero-order valence-corrected chi connectivity index (χ0v) is 14.4. The Kier molecular flexibility index (Phi) is 8.42. The van der Waals surface area contributed by atoms with Crippen molar-refractivity contribution in [2.75, 3.05) is 19.6 Å². The minimum Gasteiger partial charge on any atom is -0.491 e. The molecule has 120 valence electrons. The first kappa shape index (κ1) is 18.6. The molecule has 5 heteroatoms. The van der Waals surface area contributed by atoms with Crippen LogP contribution in [0.3, 0.4) is 0 Å². The van der Waals surface area contributed by atoms with Gasteiger partial charge in [0.1, 0.15) is 5.75 Å². The van der Waals surface area contributed by atoms with Gasteiger partial charge in [-0.1, -0.05) is 11.6 Å². The molecule has 1 fully saturated rings. The molecular formula is C16H26Cl2N2O. The zero-order chi connectivity index (χ0) is 14.4. The Balaban J connectivity index is 0.00000220. The van der Waals surface area contributed by atoms with Crippen molar-refractivity contribution in [3.63, 3.8) is 0 Å². The summed E-state index contributed by atoms with van der Waals surface area (Å²) in [6, 6.07) is 5.84. The Morgan fingerprint density at radius 1 is 1.33 bits per heavy atom. The number of ether oxygens (including phenoxy) is 1. The van der Waals surface area contributed by atoms with Crippen molar-refractivity contribution in [1.29, 1.82) is 0 Å². The summed E-state index contributed by atoms with van der Waals surface area (Å²) in [7, 11) is 0. The SMILES string of the molecule is CC(C)Oc1ccc(Cl)cc1CNCC1CCNCC1.Cl. The van der Waals surface area contributed by atoms with Gasteiger partial charge in [-0.05, 0) is 70.4 Å². The van der Waals surface area contributed by atoms with Crippen LogP contribution in [0, 0.1) is 5.92 Å². The normalized spacial score (nSPS) is 15.8. The molecule has 1 aliphatic heterocycles. The monoisotopic (exact) mass is 332 g/mol. The Hall–Kier alpha value is -0.480. The van der Waals surface area contributed by atoms with Gasteiger partial charge in [0.25, 0.3) is 0 Å². The lowest BCUT2D eigenvalue weighted by Crippen LogP contribution is -2.33. The van der Waals surface area contributed by atoms with Gasteiger partial charge in [-0.15, -0.1) is 12.4 Å². The molecule has 0 spiro atoms. The van der Waals surface area contributed by atoms with Crippen molar-refractivity contribution in [2.24, 2.45) is 5.92 Å². The van der Waals surface area contributed by atoms with E-state index in [1.54, 1.807) is 0 Å². The number of halogens is 2. The molecule has 1 aromatic rings. The fourth-order valence-corrected chi connectivity index (χ4v) is 2.75. The Bertz CT molecular complexity index is 421. The average Bonchev–Trinajstić information content (AvgIpc) is 2.42. The molecule has 1 aliphatic rings. The van der Waals surface area contributed by atoms with Gasteiger partial charge >= 0.3 is 0 Å². The largest absolute Gasteiger partial charge is 0.491 e. The van der Waals surface area contributed by atoms with Crippen molar-refractivity contribution < 1.29 is 4.74 Å². The molecule has 1 saturated heterocycles. The lowest BCUT2D eigenvalue weighted by atomic mass is 9.98. The second-order valence-electron chi connectivity index (χ2n) is 5.74. The van der Waals surface area contributed by atoms with Crippen LogP contribution in [0.4, 0.5) is 0 Å². The third-order valence-corrected chi connectivity index (χ3v) is 3.83. The number of piperidine rings is 1. The first-order valence-corrected chi connectivity index (χ1v) is 7.89. The average molecular weight is 333 g/mol. The molecule has 0 aromatic heterocycles. The molecule has 0 amide bonds. The van der Waals surface area contributed by atoms with Crippen LogP contribution in [0.1, 0.15) is 32.3 Å². The summed E-state index contributed by atoms with van der Waals surface area (Å²) in [4.78, 5) is 0. The Morgan fingerprint density at radius 2 is 2.05 bits per heavy atom. The molecule has 0 radical (unpaired) electrons. The van der Waals surface area contributed by atoms with Gasteiger partial charge in [0, 0.05) is 17.1 Å². The lowest BCUT2D eigenvalue weighted by molar-refractivity contribution is 0.239. The molecule has 3 nitrogen and oxygen atoms in total. The van der Waals surface area contributed by atoms with Crippen LogP contribution in [0.15, 0.2) is 18.2 Å². The quantitative estimate of drug-likeness (QED) is 0.834. The smallest absolute Gasteiger partial charge is 0.124 e. The molecule has 21 heavy (non-hydrogen) atoms. The number of hydrogen-bond donors (Lipinski definition) is 2. The summed E-state index contributed by atoms with van der Waals surface area (Å²) >= 11 is 6.09. The summed E-state index contributed by atoms with van der Waals surface area (Å²) in [6.07, 6.45) is 2.70. The molecule has 2 rings (SSSR count). The first-order valence-electron chi connectivity index (χ1n) is 7.51. The summed E-state index contributed by atoms with van der Waals surface area (Å²) in [6.45, 7) is 8.25. The van der Waals surface area contributed by atoms with Crippen LogP contribution < -0.4 is 15.4 Å². The van der Waals surface area contributed by atoms with Gasteiger partial charge in [-0.25, -0.2) is 0 Å². The fourth-order valence-electron chi connectivity index (χ4n) is 2.55. The Labute approximate surface area is 139 Å². The van der Waals surface area contributed by atoms with E-state index in [1.807, 2.05) is 32.0 Å². The van der Waals surface area contributed by atoms with Gasteiger partial charge in [0.15, 0.2) is 0 Å². The summed E-state index contributed by atoms with van der Waals surface area (Å²) in [5.41, 5.74) is 1.14. The third-order valence-electron chi connectivity index (χ3n) is 3.59. The van der Waals surface area contributed by atoms with Gasteiger partial charge in [0.2, 0.25) is 0 Å². The van der Waals surface area contributed by atoms with Crippen LogP contribution in [0.25, 0.3) is 0 Å².